The Balaban J connectivity index is 3.60. The maximum Gasteiger partial charge on any atom is 0.407 e. The highest BCUT2D eigenvalue weighted by molar-refractivity contribution is 5.77. The minimum atomic E-state index is -0.543. The molecule has 0 atom stereocenters. The highest BCUT2D eigenvalue weighted by Crippen LogP contribution is 2.06. The molecule has 96 valence electrons. The summed E-state index contributed by atoms with van der Waals surface area (Å²) in [6.45, 7) is 5.85. The Hall–Kier alpha value is -1.77. The van der Waals surface area contributed by atoms with Crippen LogP contribution in [0, 0.1) is 11.3 Å². The number of hydrogen-bond donors (Lipinski definition) is 2. The molecule has 0 bridgehead atoms. The molecule has 0 aromatic rings. The van der Waals surface area contributed by atoms with Crippen LogP contribution < -0.4 is 10.6 Å². The third-order valence-electron chi connectivity index (χ3n) is 1.58. The molecular weight excluding hydrogens is 222 g/mol. The molecule has 2 N–H and O–H groups in total. The number of nitriles is 1. The Morgan fingerprint density at radius 2 is 1.88 bits per heavy atom. The Kier molecular flexibility index (Phi) is 6.71. The van der Waals surface area contributed by atoms with Gasteiger partial charge in [0.2, 0.25) is 5.91 Å². The summed E-state index contributed by atoms with van der Waals surface area (Å²) in [5.74, 6) is -0.198. The molecule has 0 saturated heterocycles. The summed E-state index contributed by atoms with van der Waals surface area (Å²) < 4.78 is 4.99. The van der Waals surface area contributed by atoms with E-state index in [2.05, 4.69) is 10.6 Å². The predicted molar refractivity (Wildman–Crippen MR) is 62.1 cm³/mol. The monoisotopic (exact) mass is 241 g/mol. The van der Waals surface area contributed by atoms with Gasteiger partial charge in [-0.15, -0.1) is 0 Å². The number of nitrogens with zero attached hydrogens (tertiary/aromatic N) is 1. The molecule has 0 aliphatic carbocycles. The second-order valence-electron chi connectivity index (χ2n) is 4.44. The normalized spacial score (nSPS) is 10.2. The molecule has 0 spiro atoms. The van der Waals surface area contributed by atoms with Crippen LogP contribution in [0.5, 0.6) is 0 Å². The number of alkyl carbamates (subject to hydrolysis) is 1. The van der Waals surface area contributed by atoms with Crippen LogP contribution >= 0.6 is 0 Å². The van der Waals surface area contributed by atoms with Crippen molar-refractivity contribution < 1.29 is 14.3 Å². The average molecular weight is 241 g/mol. The number of rotatable bonds is 5. The lowest BCUT2D eigenvalue weighted by atomic mass is 10.2. The third kappa shape index (κ3) is 10.5. The predicted octanol–water partition coefficient (Wildman–Crippen LogP) is 0.931. The fourth-order valence-electron chi connectivity index (χ4n) is 0.938. The summed E-state index contributed by atoms with van der Waals surface area (Å²) in [4.78, 5) is 22.4. The second kappa shape index (κ2) is 7.49. The van der Waals surface area contributed by atoms with Crippen molar-refractivity contribution in [2.75, 3.05) is 13.1 Å². The van der Waals surface area contributed by atoms with Gasteiger partial charge in [0.05, 0.1) is 12.5 Å². The van der Waals surface area contributed by atoms with Crippen LogP contribution in [-0.4, -0.2) is 30.7 Å². The van der Waals surface area contributed by atoms with Crippen molar-refractivity contribution in [1.29, 1.82) is 5.26 Å². The Labute approximate surface area is 101 Å². The van der Waals surface area contributed by atoms with E-state index in [1.54, 1.807) is 20.8 Å². The van der Waals surface area contributed by atoms with Crippen molar-refractivity contribution in [3.8, 4) is 6.07 Å². The van der Waals surface area contributed by atoms with Crippen LogP contribution in [0.2, 0.25) is 0 Å². The summed E-state index contributed by atoms with van der Waals surface area (Å²) >= 11 is 0. The molecule has 2 amide bonds. The molecule has 0 radical (unpaired) electrons. The molecule has 0 aromatic heterocycles. The van der Waals surface area contributed by atoms with Gasteiger partial charge >= 0.3 is 6.09 Å². The molecule has 0 aromatic carbocycles. The van der Waals surface area contributed by atoms with Gasteiger partial charge in [-0.1, -0.05) is 0 Å². The van der Waals surface area contributed by atoms with Gasteiger partial charge in [-0.25, -0.2) is 4.79 Å². The third-order valence-corrected chi connectivity index (χ3v) is 1.58. The number of carbonyl (C=O) groups is 2. The zero-order valence-electron chi connectivity index (χ0n) is 10.5. The van der Waals surface area contributed by atoms with Gasteiger partial charge in [0.1, 0.15) is 5.60 Å². The first-order valence-electron chi connectivity index (χ1n) is 5.45. The van der Waals surface area contributed by atoms with E-state index in [0.29, 0.717) is 6.54 Å². The minimum Gasteiger partial charge on any atom is -0.444 e. The molecule has 0 fully saturated rings. The van der Waals surface area contributed by atoms with Gasteiger partial charge in [0, 0.05) is 19.5 Å². The van der Waals surface area contributed by atoms with E-state index < -0.39 is 11.7 Å². The molecule has 0 unspecified atom stereocenters. The number of hydrogen-bond acceptors (Lipinski definition) is 4. The summed E-state index contributed by atoms with van der Waals surface area (Å²) in [6, 6.07) is 1.92. The molecule has 6 heteroatoms. The van der Waals surface area contributed by atoms with Crippen molar-refractivity contribution in [3.63, 3.8) is 0 Å². The summed E-state index contributed by atoms with van der Waals surface area (Å²) in [6.07, 6.45) is -0.0852. The molecule has 0 heterocycles. The Morgan fingerprint density at radius 1 is 1.24 bits per heavy atom. The van der Waals surface area contributed by atoms with Crippen molar-refractivity contribution in [3.05, 3.63) is 0 Å². The fraction of sp³-hybridized carbons (Fsp3) is 0.727. The van der Waals surface area contributed by atoms with Crippen LogP contribution in [0.3, 0.4) is 0 Å². The first-order valence-corrected chi connectivity index (χ1v) is 5.45. The van der Waals surface area contributed by atoms with E-state index in [1.807, 2.05) is 6.07 Å². The van der Waals surface area contributed by atoms with Gasteiger partial charge in [0.15, 0.2) is 0 Å². The highest BCUT2D eigenvalue weighted by atomic mass is 16.6. The van der Waals surface area contributed by atoms with Gasteiger partial charge in [0.25, 0.3) is 0 Å². The quantitative estimate of drug-likeness (QED) is 0.700. The molecular formula is C11H19N3O3. The fourth-order valence-corrected chi connectivity index (χ4v) is 0.938. The zero-order chi connectivity index (χ0) is 13.3. The molecule has 0 saturated carbocycles. The van der Waals surface area contributed by atoms with E-state index in [1.165, 1.54) is 0 Å². The lowest BCUT2D eigenvalue weighted by molar-refractivity contribution is -0.120. The maximum absolute atomic E-state index is 11.2. The van der Waals surface area contributed by atoms with Crippen molar-refractivity contribution in [2.24, 2.45) is 0 Å². The van der Waals surface area contributed by atoms with Crippen LogP contribution in [0.15, 0.2) is 0 Å². The zero-order valence-corrected chi connectivity index (χ0v) is 10.5. The van der Waals surface area contributed by atoms with Crippen molar-refractivity contribution in [1.82, 2.24) is 10.6 Å². The summed E-state index contributed by atoms with van der Waals surface area (Å²) in [5.41, 5.74) is -0.543. The smallest absolute Gasteiger partial charge is 0.407 e. The van der Waals surface area contributed by atoms with Crippen LogP contribution in [0.1, 0.15) is 33.6 Å². The molecule has 6 nitrogen and oxygen atoms in total. The van der Waals surface area contributed by atoms with E-state index in [-0.39, 0.29) is 25.3 Å². The van der Waals surface area contributed by atoms with Gasteiger partial charge < -0.3 is 15.4 Å². The number of carbonyl (C=O) groups excluding carboxylic acids is 2. The molecule has 0 aliphatic heterocycles. The summed E-state index contributed by atoms with van der Waals surface area (Å²) in [5, 5.41) is 13.3. The lowest BCUT2D eigenvalue weighted by Crippen LogP contribution is -2.35. The van der Waals surface area contributed by atoms with Gasteiger partial charge in [-0.2, -0.15) is 5.26 Å². The second-order valence-corrected chi connectivity index (χ2v) is 4.44. The van der Waals surface area contributed by atoms with Crippen LogP contribution in [0.25, 0.3) is 0 Å². The number of amides is 2. The van der Waals surface area contributed by atoms with Crippen molar-refractivity contribution in [2.45, 2.75) is 39.2 Å². The first-order chi connectivity index (χ1) is 7.85. The lowest BCUT2D eigenvalue weighted by Gasteiger charge is -2.19. The van der Waals surface area contributed by atoms with Crippen LogP contribution in [0.4, 0.5) is 4.79 Å². The van der Waals surface area contributed by atoms with E-state index in [0.717, 1.165) is 0 Å². The Bertz CT molecular complexity index is 302. The number of ether oxygens (including phenoxy) is 1. The van der Waals surface area contributed by atoms with Crippen molar-refractivity contribution >= 4 is 12.0 Å². The maximum atomic E-state index is 11.2. The van der Waals surface area contributed by atoms with E-state index >= 15 is 0 Å². The van der Waals surface area contributed by atoms with E-state index in [9.17, 15) is 9.59 Å². The van der Waals surface area contributed by atoms with E-state index in [4.69, 9.17) is 10.00 Å². The number of nitrogens with one attached hydrogen (secondary N) is 2. The minimum absolute atomic E-state index is 0.171. The van der Waals surface area contributed by atoms with Crippen LogP contribution in [-0.2, 0) is 9.53 Å². The molecule has 17 heavy (non-hydrogen) atoms. The largest absolute Gasteiger partial charge is 0.444 e. The molecule has 0 rings (SSSR count). The van der Waals surface area contributed by atoms with Gasteiger partial charge in [-0.3, -0.25) is 4.79 Å². The summed E-state index contributed by atoms with van der Waals surface area (Å²) in [7, 11) is 0. The standard InChI is InChI=1S/C11H19N3O3/c1-11(2,3)17-10(16)14-8-5-9(15)13-7-4-6-12/h4-5,7-8H2,1-3H3,(H,13,15)(H,14,16). The highest BCUT2D eigenvalue weighted by Gasteiger charge is 2.15. The molecule has 0 aliphatic rings. The van der Waals surface area contributed by atoms with Gasteiger partial charge in [-0.05, 0) is 20.8 Å². The Morgan fingerprint density at radius 3 is 2.41 bits per heavy atom. The SMILES string of the molecule is CC(C)(C)OC(=O)NCCC(=O)NCCC#N. The average Bonchev–Trinajstić information content (AvgIpc) is 2.15. The topological polar surface area (TPSA) is 91.2 Å². The first kappa shape index (κ1) is 15.2.